The SMILES string of the molecule is CC(C)S(=O)(=O)n1cc(-c2ccc(C(F)(F)F)cc2O)cn1. The van der Waals surface area contributed by atoms with Gasteiger partial charge in [0.1, 0.15) is 5.75 Å². The second-order valence-corrected chi connectivity index (χ2v) is 7.27. The van der Waals surface area contributed by atoms with Crippen molar-refractivity contribution >= 4 is 10.0 Å². The van der Waals surface area contributed by atoms with Crippen LogP contribution in [-0.2, 0) is 16.2 Å². The van der Waals surface area contributed by atoms with Gasteiger partial charge in [-0.1, -0.05) is 0 Å². The van der Waals surface area contributed by atoms with Crippen LogP contribution >= 0.6 is 0 Å². The monoisotopic (exact) mass is 334 g/mol. The fourth-order valence-corrected chi connectivity index (χ4v) is 2.62. The van der Waals surface area contributed by atoms with Crippen molar-refractivity contribution in [1.82, 2.24) is 9.19 Å². The molecule has 0 radical (unpaired) electrons. The first-order chi connectivity index (χ1) is 10.0. The Bertz CT molecular complexity index is 795. The molecule has 0 aliphatic carbocycles. The van der Waals surface area contributed by atoms with Gasteiger partial charge < -0.3 is 5.11 Å². The van der Waals surface area contributed by atoms with Crippen molar-refractivity contribution in [2.45, 2.75) is 25.3 Å². The van der Waals surface area contributed by atoms with Crippen molar-refractivity contribution in [3.63, 3.8) is 0 Å². The van der Waals surface area contributed by atoms with Crippen LogP contribution in [0.25, 0.3) is 11.1 Å². The molecule has 0 saturated heterocycles. The van der Waals surface area contributed by atoms with Gasteiger partial charge in [0.25, 0.3) is 10.0 Å². The number of aromatic hydroxyl groups is 1. The lowest BCUT2D eigenvalue weighted by Gasteiger charge is -2.09. The van der Waals surface area contributed by atoms with E-state index in [1.54, 1.807) is 0 Å². The van der Waals surface area contributed by atoms with Gasteiger partial charge in [0.15, 0.2) is 0 Å². The molecule has 2 aromatic rings. The van der Waals surface area contributed by atoms with Gasteiger partial charge in [-0.3, -0.25) is 0 Å². The lowest BCUT2D eigenvalue weighted by atomic mass is 10.1. The highest BCUT2D eigenvalue weighted by Crippen LogP contribution is 2.36. The van der Waals surface area contributed by atoms with E-state index in [9.17, 15) is 26.7 Å². The third-order valence-corrected chi connectivity index (χ3v) is 4.97. The molecule has 0 atom stereocenters. The minimum Gasteiger partial charge on any atom is -0.507 e. The van der Waals surface area contributed by atoms with Crippen molar-refractivity contribution in [2.24, 2.45) is 0 Å². The Morgan fingerprint density at radius 3 is 2.41 bits per heavy atom. The molecule has 0 unspecified atom stereocenters. The van der Waals surface area contributed by atoms with Gasteiger partial charge in [-0.2, -0.15) is 22.4 Å². The van der Waals surface area contributed by atoms with E-state index in [2.05, 4.69) is 5.10 Å². The van der Waals surface area contributed by atoms with Crippen molar-refractivity contribution in [1.29, 1.82) is 0 Å². The van der Waals surface area contributed by atoms with Crippen molar-refractivity contribution < 1.29 is 26.7 Å². The molecule has 2 rings (SSSR count). The fraction of sp³-hybridized carbons (Fsp3) is 0.308. The lowest BCUT2D eigenvalue weighted by Crippen LogP contribution is -2.22. The molecule has 0 bridgehead atoms. The van der Waals surface area contributed by atoms with Crippen LogP contribution in [0.2, 0.25) is 0 Å². The summed E-state index contributed by atoms with van der Waals surface area (Å²) in [6.45, 7) is 2.96. The number of hydrogen-bond donors (Lipinski definition) is 1. The topological polar surface area (TPSA) is 72.2 Å². The molecule has 0 amide bonds. The normalized spacial score (nSPS) is 12.8. The zero-order valence-electron chi connectivity index (χ0n) is 11.7. The quantitative estimate of drug-likeness (QED) is 0.937. The molecule has 5 nitrogen and oxygen atoms in total. The number of benzene rings is 1. The Kier molecular flexibility index (Phi) is 3.94. The summed E-state index contributed by atoms with van der Waals surface area (Å²) >= 11 is 0. The van der Waals surface area contributed by atoms with Crippen LogP contribution < -0.4 is 0 Å². The van der Waals surface area contributed by atoms with Crippen molar-refractivity contribution in [3.05, 3.63) is 36.2 Å². The third kappa shape index (κ3) is 2.94. The Morgan fingerprint density at radius 1 is 1.27 bits per heavy atom. The molecule has 0 aliphatic heterocycles. The van der Waals surface area contributed by atoms with Crippen molar-refractivity contribution in [2.75, 3.05) is 0 Å². The van der Waals surface area contributed by atoms with E-state index in [-0.39, 0.29) is 11.1 Å². The van der Waals surface area contributed by atoms with Gasteiger partial charge in [0.05, 0.1) is 23.2 Å². The number of phenols is 1. The fourth-order valence-electron chi connectivity index (χ4n) is 1.75. The van der Waals surface area contributed by atoms with Crippen LogP contribution in [0.3, 0.4) is 0 Å². The standard InChI is InChI=1S/C13H13F3N2O3S/c1-8(2)22(20,21)18-7-9(6-17-18)11-4-3-10(5-12(11)19)13(14,15)16/h3-8,19H,1-2H3. The molecule has 1 aromatic carbocycles. The Labute approximate surface area is 125 Å². The van der Waals surface area contributed by atoms with Crippen LogP contribution in [0.15, 0.2) is 30.6 Å². The zero-order valence-corrected chi connectivity index (χ0v) is 12.5. The minimum absolute atomic E-state index is 0.0678. The maximum Gasteiger partial charge on any atom is 0.416 e. The molecule has 9 heteroatoms. The molecule has 0 aliphatic rings. The smallest absolute Gasteiger partial charge is 0.416 e. The molecule has 0 saturated carbocycles. The molecule has 1 N–H and O–H groups in total. The maximum atomic E-state index is 12.5. The number of halogens is 3. The van der Waals surface area contributed by atoms with Gasteiger partial charge in [0, 0.05) is 11.1 Å². The summed E-state index contributed by atoms with van der Waals surface area (Å²) in [5, 5.41) is 12.7. The van der Waals surface area contributed by atoms with Crippen LogP contribution in [-0.4, -0.2) is 28.0 Å². The lowest BCUT2D eigenvalue weighted by molar-refractivity contribution is -0.137. The molecule has 22 heavy (non-hydrogen) atoms. The molecule has 1 aromatic heterocycles. The Hall–Kier alpha value is -2.03. The molecule has 120 valence electrons. The van der Waals surface area contributed by atoms with E-state index in [4.69, 9.17) is 0 Å². The highest BCUT2D eigenvalue weighted by atomic mass is 32.2. The summed E-state index contributed by atoms with van der Waals surface area (Å²) in [5.74, 6) is -0.601. The summed E-state index contributed by atoms with van der Waals surface area (Å²) in [4.78, 5) is 0. The van der Waals surface area contributed by atoms with Crippen LogP contribution in [0.4, 0.5) is 13.2 Å². The summed E-state index contributed by atoms with van der Waals surface area (Å²) in [6, 6.07) is 2.47. The highest BCUT2D eigenvalue weighted by Gasteiger charge is 2.31. The van der Waals surface area contributed by atoms with Gasteiger partial charge in [-0.15, -0.1) is 0 Å². The summed E-state index contributed by atoms with van der Waals surface area (Å²) in [6.07, 6.45) is -2.25. The van der Waals surface area contributed by atoms with Gasteiger partial charge in [-0.25, -0.2) is 8.42 Å². The summed E-state index contributed by atoms with van der Waals surface area (Å²) in [5.41, 5.74) is -0.718. The second kappa shape index (κ2) is 5.31. The van der Waals surface area contributed by atoms with Crippen LogP contribution in [0.1, 0.15) is 19.4 Å². The first-order valence-electron chi connectivity index (χ1n) is 6.23. The van der Waals surface area contributed by atoms with E-state index in [0.717, 1.165) is 22.4 Å². The van der Waals surface area contributed by atoms with E-state index in [0.29, 0.717) is 6.07 Å². The summed E-state index contributed by atoms with van der Waals surface area (Å²) < 4.78 is 62.2. The number of hydrogen-bond acceptors (Lipinski definition) is 4. The number of phenolic OH excluding ortho intramolecular Hbond substituents is 1. The van der Waals surface area contributed by atoms with E-state index in [1.807, 2.05) is 0 Å². The molecule has 1 heterocycles. The number of aromatic nitrogens is 2. The van der Waals surface area contributed by atoms with Crippen molar-refractivity contribution in [3.8, 4) is 16.9 Å². The minimum atomic E-state index is -4.57. The first-order valence-corrected chi connectivity index (χ1v) is 7.73. The number of nitrogens with zero attached hydrogens (tertiary/aromatic N) is 2. The summed E-state index contributed by atoms with van der Waals surface area (Å²) in [7, 11) is -3.66. The molecular weight excluding hydrogens is 321 g/mol. The Balaban J connectivity index is 2.45. The number of rotatable bonds is 3. The van der Waals surface area contributed by atoms with Crippen LogP contribution in [0, 0.1) is 0 Å². The van der Waals surface area contributed by atoms with E-state index >= 15 is 0 Å². The second-order valence-electron chi connectivity index (χ2n) is 4.92. The molecule has 0 fully saturated rings. The van der Waals surface area contributed by atoms with Gasteiger partial charge in [0.2, 0.25) is 0 Å². The number of alkyl halides is 3. The van der Waals surface area contributed by atoms with Gasteiger partial charge >= 0.3 is 6.18 Å². The largest absolute Gasteiger partial charge is 0.507 e. The molecule has 0 spiro atoms. The predicted octanol–water partition coefficient (Wildman–Crippen LogP) is 2.86. The third-order valence-electron chi connectivity index (χ3n) is 3.05. The zero-order chi connectivity index (χ0) is 16.7. The maximum absolute atomic E-state index is 12.5. The first kappa shape index (κ1) is 16.3. The highest BCUT2D eigenvalue weighted by molar-refractivity contribution is 7.90. The Morgan fingerprint density at radius 2 is 1.91 bits per heavy atom. The average Bonchev–Trinajstić information content (AvgIpc) is 2.87. The van der Waals surface area contributed by atoms with Crippen LogP contribution in [0.5, 0.6) is 5.75 Å². The average molecular weight is 334 g/mol. The molecular formula is C13H13F3N2O3S. The van der Waals surface area contributed by atoms with E-state index < -0.39 is 32.8 Å². The van der Waals surface area contributed by atoms with Gasteiger partial charge in [-0.05, 0) is 32.0 Å². The van der Waals surface area contributed by atoms with E-state index in [1.165, 1.54) is 20.0 Å². The predicted molar refractivity (Wildman–Crippen MR) is 73.8 cm³/mol.